The molecule has 3 nitrogen and oxygen atoms in total. The molecule has 1 N–H and O–H groups in total. The third-order valence-electron chi connectivity index (χ3n) is 2.37. The number of esters is 1. The van der Waals surface area contributed by atoms with Gasteiger partial charge in [-0.1, -0.05) is 18.2 Å². The van der Waals surface area contributed by atoms with Gasteiger partial charge in [0.1, 0.15) is 0 Å². The molecule has 0 spiro atoms. The lowest BCUT2D eigenvalue weighted by Gasteiger charge is -2.12. The van der Waals surface area contributed by atoms with Gasteiger partial charge in [-0.2, -0.15) is 0 Å². The largest absolute Gasteiger partial charge is 0.467 e. The Morgan fingerprint density at radius 1 is 1.43 bits per heavy atom. The SMILES string of the molecule is COC(=O)C(O)c1cccc(C)c1C. The molecule has 0 aliphatic carbocycles. The average Bonchev–Trinajstić information content (AvgIpc) is 2.20. The van der Waals surface area contributed by atoms with Gasteiger partial charge in [0.15, 0.2) is 6.10 Å². The Morgan fingerprint density at radius 3 is 2.64 bits per heavy atom. The Kier molecular flexibility index (Phi) is 3.25. The summed E-state index contributed by atoms with van der Waals surface area (Å²) in [5, 5.41) is 9.62. The summed E-state index contributed by atoms with van der Waals surface area (Å²) >= 11 is 0. The van der Waals surface area contributed by atoms with E-state index in [1.54, 1.807) is 6.07 Å². The third-order valence-corrected chi connectivity index (χ3v) is 2.37. The zero-order valence-corrected chi connectivity index (χ0v) is 8.57. The van der Waals surface area contributed by atoms with Crippen molar-refractivity contribution in [1.29, 1.82) is 0 Å². The van der Waals surface area contributed by atoms with E-state index in [0.717, 1.165) is 11.1 Å². The van der Waals surface area contributed by atoms with Crippen molar-refractivity contribution in [1.82, 2.24) is 0 Å². The van der Waals surface area contributed by atoms with Gasteiger partial charge in [-0.3, -0.25) is 0 Å². The molecule has 0 aromatic heterocycles. The molecule has 0 saturated carbocycles. The molecule has 0 fully saturated rings. The fourth-order valence-corrected chi connectivity index (χ4v) is 1.31. The van der Waals surface area contributed by atoms with Gasteiger partial charge in [0.05, 0.1) is 7.11 Å². The average molecular weight is 194 g/mol. The number of hydrogen-bond acceptors (Lipinski definition) is 3. The summed E-state index contributed by atoms with van der Waals surface area (Å²) < 4.78 is 4.47. The summed E-state index contributed by atoms with van der Waals surface area (Å²) in [6, 6.07) is 5.47. The molecule has 1 aromatic rings. The van der Waals surface area contributed by atoms with Crippen molar-refractivity contribution in [2.45, 2.75) is 20.0 Å². The first-order valence-corrected chi connectivity index (χ1v) is 4.40. The third kappa shape index (κ3) is 1.93. The van der Waals surface area contributed by atoms with Crippen LogP contribution in [0.15, 0.2) is 18.2 Å². The van der Waals surface area contributed by atoms with E-state index < -0.39 is 12.1 Å². The highest BCUT2D eigenvalue weighted by molar-refractivity contribution is 5.76. The molecule has 76 valence electrons. The molecule has 0 saturated heterocycles. The summed E-state index contributed by atoms with van der Waals surface area (Å²) in [6.07, 6.45) is -1.18. The van der Waals surface area contributed by atoms with Crippen LogP contribution in [0.1, 0.15) is 22.8 Å². The number of carbonyl (C=O) groups is 1. The first-order valence-electron chi connectivity index (χ1n) is 4.40. The maximum Gasteiger partial charge on any atom is 0.339 e. The molecule has 0 aliphatic rings. The van der Waals surface area contributed by atoms with E-state index >= 15 is 0 Å². The maximum atomic E-state index is 11.1. The van der Waals surface area contributed by atoms with Gasteiger partial charge in [-0.05, 0) is 30.5 Å². The van der Waals surface area contributed by atoms with E-state index in [1.807, 2.05) is 26.0 Å². The highest BCUT2D eigenvalue weighted by Crippen LogP contribution is 2.20. The lowest BCUT2D eigenvalue weighted by Crippen LogP contribution is -2.14. The summed E-state index contributed by atoms with van der Waals surface area (Å²) in [6.45, 7) is 3.81. The molecular weight excluding hydrogens is 180 g/mol. The van der Waals surface area contributed by atoms with Crippen LogP contribution in [0.25, 0.3) is 0 Å². The van der Waals surface area contributed by atoms with Gasteiger partial charge in [-0.15, -0.1) is 0 Å². The van der Waals surface area contributed by atoms with Crippen molar-refractivity contribution in [3.8, 4) is 0 Å². The molecule has 0 amide bonds. The lowest BCUT2D eigenvalue weighted by atomic mass is 9.99. The van der Waals surface area contributed by atoms with Crippen LogP contribution in [0.5, 0.6) is 0 Å². The molecule has 1 aromatic carbocycles. The van der Waals surface area contributed by atoms with Gasteiger partial charge in [0, 0.05) is 0 Å². The summed E-state index contributed by atoms with van der Waals surface area (Å²) in [5.41, 5.74) is 2.58. The second-order valence-electron chi connectivity index (χ2n) is 3.21. The predicted molar refractivity (Wildman–Crippen MR) is 52.9 cm³/mol. The molecular formula is C11H14O3. The van der Waals surface area contributed by atoms with E-state index in [0.29, 0.717) is 5.56 Å². The normalized spacial score (nSPS) is 12.3. The predicted octanol–water partition coefficient (Wildman–Crippen LogP) is 1.51. The molecule has 0 bridgehead atoms. The summed E-state index contributed by atoms with van der Waals surface area (Å²) in [4.78, 5) is 11.1. The minimum absolute atomic E-state index is 0.608. The highest BCUT2D eigenvalue weighted by atomic mass is 16.5. The molecule has 1 atom stereocenters. The molecule has 3 heteroatoms. The molecule has 1 unspecified atom stereocenters. The summed E-state index contributed by atoms with van der Waals surface area (Å²) in [5.74, 6) is -0.626. The molecule has 1 rings (SSSR count). The maximum absolute atomic E-state index is 11.1. The lowest BCUT2D eigenvalue weighted by molar-refractivity contribution is -0.150. The van der Waals surface area contributed by atoms with Crippen LogP contribution in [0.2, 0.25) is 0 Å². The first-order chi connectivity index (χ1) is 6.57. The number of benzene rings is 1. The van der Waals surface area contributed by atoms with Crippen molar-refractivity contribution in [2.75, 3.05) is 7.11 Å². The Hall–Kier alpha value is -1.35. The standard InChI is InChI=1S/C11H14O3/c1-7-5-4-6-9(8(7)2)10(12)11(13)14-3/h4-6,10,12H,1-3H3. The Labute approximate surface area is 83.3 Å². The Bertz CT molecular complexity index is 344. The van der Waals surface area contributed by atoms with Crippen molar-refractivity contribution < 1.29 is 14.6 Å². The minimum Gasteiger partial charge on any atom is -0.467 e. The molecule has 0 heterocycles. The van der Waals surface area contributed by atoms with Gasteiger partial charge < -0.3 is 9.84 Å². The van der Waals surface area contributed by atoms with Crippen LogP contribution in [0.4, 0.5) is 0 Å². The van der Waals surface area contributed by atoms with E-state index in [4.69, 9.17) is 0 Å². The molecule has 0 radical (unpaired) electrons. The van der Waals surface area contributed by atoms with Crippen LogP contribution in [0.3, 0.4) is 0 Å². The molecule has 14 heavy (non-hydrogen) atoms. The van der Waals surface area contributed by atoms with Gasteiger partial charge in [0.2, 0.25) is 0 Å². The Balaban J connectivity index is 3.07. The fourth-order valence-electron chi connectivity index (χ4n) is 1.31. The molecule has 0 aliphatic heterocycles. The van der Waals surface area contributed by atoms with Gasteiger partial charge in [0.25, 0.3) is 0 Å². The van der Waals surface area contributed by atoms with Crippen LogP contribution in [-0.2, 0) is 9.53 Å². The van der Waals surface area contributed by atoms with E-state index in [-0.39, 0.29) is 0 Å². The van der Waals surface area contributed by atoms with Crippen LogP contribution < -0.4 is 0 Å². The smallest absolute Gasteiger partial charge is 0.339 e. The van der Waals surface area contributed by atoms with Crippen molar-refractivity contribution in [3.05, 3.63) is 34.9 Å². The number of hydrogen-bond donors (Lipinski definition) is 1. The number of carbonyl (C=O) groups excluding carboxylic acids is 1. The van der Waals surface area contributed by atoms with Crippen molar-refractivity contribution >= 4 is 5.97 Å². The number of aliphatic hydroxyl groups is 1. The van der Waals surface area contributed by atoms with Crippen LogP contribution in [0, 0.1) is 13.8 Å². The van der Waals surface area contributed by atoms with Crippen molar-refractivity contribution in [2.24, 2.45) is 0 Å². The highest BCUT2D eigenvalue weighted by Gasteiger charge is 2.19. The summed E-state index contributed by atoms with van der Waals surface area (Å²) in [7, 11) is 1.26. The number of aliphatic hydroxyl groups excluding tert-OH is 1. The zero-order chi connectivity index (χ0) is 10.7. The second-order valence-corrected chi connectivity index (χ2v) is 3.21. The number of ether oxygens (including phenoxy) is 1. The number of methoxy groups -OCH3 is 1. The van der Waals surface area contributed by atoms with Gasteiger partial charge in [-0.25, -0.2) is 4.79 Å². The topological polar surface area (TPSA) is 46.5 Å². The monoisotopic (exact) mass is 194 g/mol. The first kappa shape index (κ1) is 10.7. The van der Waals surface area contributed by atoms with E-state index in [1.165, 1.54) is 7.11 Å². The number of rotatable bonds is 2. The quantitative estimate of drug-likeness (QED) is 0.726. The van der Waals surface area contributed by atoms with E-state index in [9.17, 15) is 9.90 Å². The van der Waals surface area contributed by atoms with Crippen LogP contribution >= 0.6 is 0 Å². The fraction of sp³-hybridized carbons (Fsp3) is 0.364. The number of aryl methyl sites for hydroxylation is 1. The van der Waals surface area contributed by atoms with E-state index in [2.05, 4.69) is 4.74 Å². The zero-order valence-electron chi connectivity index (χ0n) is 8.57. The van der Waals surface area contributed by atoms with Crippen molar-refractivity contribution in [3.63, 3.8) is 0 Å². The second kappa shape index (κ2) is 4.24. The van der Waals surface area contributed by atoms with Crippen LogP contribution in [-0.4, -0.2) is 18.2 Å². The van der Waals surface area contributed by atoms with Gasteiger partial charge >= 0.3 is 5.97 Å². The Morgan fingerprint density at radius 2 is 2.07 bits per heavy atom. The minimum atomic E-state index is -1.18.